The molecule has 22 heavy (non-hydrogen) atoms. The quantitative estimate of drug-likeness (QED) is 0.706. The number of aliphatic hydroxyl groups is 1. The summed E-state index contributed by atoms with van der Waals surface area (Å²) in [6, 6.07) is 2.92. The Morgan fingerprint density at radius 2 is 2.09 bits per heavy atom. The molecule has 8 heteroatoms. The van der Waals surface area contributed by atoms with Gasteiger partial charge < -0.3 is 14.8 Å². The van der Waals surface area contributed by atoms with E-state index < -0.39 is 11.6 Å². The number of alkyl halides is 1. The smallest absolute Gasteiger partial charge is 0.201 e. The molecule has 3 rings (SSSR count). The number of nitrogens with zero attached hydrogens (tertiary/aromatic N) is 1. The molecule has 2 aromatic heterocycles. The van der Waals surface area contributed by atoms with E-state index in [-0.39, 0.29) is 23.6 Å². The Bertz CT molecular complexity index is 747. The van der Waals surface area contributed by atoms with Crippen molar-refractivity contribution in [3.05, 3.63) is 46.0 Å². The van der Waals surface area contributed by atoms with Crippen LogP contribution in [0, 0.1) is 11.6 Å². The van der Waals surface area contributed by atoms with Crippen molar-refractivity contribution in [3.63, 3.8) is 0 Å². The van der Waals surface area contributed by atoms with E-state index in [1.807, 2.05) is 0 Å². The first-order chi connectivity index (χ1) is 10.7. The lowest BCUT2D eigenvalue weighted by Crippen LogP contribution is -1.99. The minimum absolute atomic E-state index is 0.0917. The number of hydrogen-bond donors (Lipinski definition) is 2. The number of nitrogens with one attached hydrogen (secondary N) is 1. The molecular weight excluding hydrogens is 334 g/mol. The summed E-state index contributed by atoms with van der Waals surface area (Å²) in [5.74, 6) is -1.90. The van der Waals surface area contributed by atoms with Crippen LogP contribution in [-0.4, -0.2) is 22.2 Å². The Morgan fingerprint density at radius 3 is 2.73 bits per heavy atom. The van der Waals surface area contributed by atoms with Crippen molar-refractivity contribution in [2.45, 2.75) is 12.5 Å². The molecule has 0 aliphatic heterocycles. The molecule has 3 aromatic rings. The molecule has 0 bridgehead atoms. The van der Waals surface area contributed by atoms with Crippen molar-refractivity contribution in [2.75, 3.05) is 7.11 Å². The highest BCUT2D eigenvalue weighted by atomic mass is 35.5. The summed E-state index contributed by atoms with van der Waals surface area (Å²) in [5.41, 5.74) is 3.39. The summed E-state index contributed by atoms with van der Waals surface area (Å²) in [6.07, 6.45) is 0. The standard InChI is InChI=1S/C13H9ClF2N2OS.CH4O/c14-3-7-1-9-10(18-7)2-11(13(16)12(9)15)19-4-8-5-20-6-17-8;1-2/h1-2,5-6,18H,3-4H2;2H,1H3. The van der Waals surface area contributed by atoms with E-state index >= 15 is 0 Å². The fraction of sp³-hybridized carbons (Fsp3) is 0.214. The summed E-state index contributed by atoms with van der Waals surface area (Å²) in [6.45, 7) is 0.0917. The third-order valence-electron chi connectivity index (χ3n) is 2.83. The van der Waals surface area contributed by atoms with Crippen molar-refractivity contribution in [2.24, 2.45) is 0 Å². The Labute approximate surface area is 134 Å². The van der Waals surface area contributed by atoms with Gasteiger partial charge in [0.1, 0.15) is 6.61 Å². The first-order valence-corrected chi connectivity index (χ1v) is 7.67. The molecular formula is C14H13ClF2N2O2S. The summed E-state index contributed by atoms with van der Waals surface area (Å²) in [4.78, 5) is 6.93. The fourth-order valence-electron chi connectivity index (χ4n) is 1.88. The van der Waals surface area contributed by atoms with Crippen LogP contribution in [-0.2, 0) is 12.5 Å². The minimum Gasteiger partial charge on any atom is -0.484 e. The van der Waals surface area contributed by atoms with Crippen molar-refractivity contribution < 1.29 is 18.6 Å². The fourth-order valence-corrected chi connectivity index (χ4v) is 2.57. The molecule has 0 saturated heterocycles. The normalized spacial score (nSPS) is 10.4. The number of benzene rings is 1. The maximum Gasteiger partial charge on any atom is 0.201 e. The van der Waals surface area contributed by atoms with E-state index in [9.17, 15) is 8.78 Å². The second-order valence-electron chi connectivity index (χ2n) is 4.16. The summed E-state index contributed by atoms with van der Waals surface area (Å²) < 4.78 is 33.1. The van der Waals surface area contributed by atoms with E-state index in [0.29, 0.717) is 16.9 Å². The Hall–Kier alpha value is -1.70. The third-order valence-corrected chi connectivity index (χ3v) is 3.75. The monoisotopic (exact) mass is 346 g/mol. The van der Waals surface area contributed by atoms with Crippen LogP contribution in [0.3, 0.4) is 0 Å². The van der Waals surface area contributed by atoms with Gasteiger partial charge in [-0.05, 0) is 6.07 Å². The van der Waals surface area contributed by atoms with E-state index in [2.05, 4.69) is 9.97 Å². The van der Waals surface area contributed by atoms with E-state index in [1.54, 1.807) is 10.9 Å². The van der Waals surface area contributed by atoms with Gasteiger partial charge >= 0.3 is 0 Å². The molecule has 0 atom stereocenters. The lowest BCUT2D eigenvalue weighted by Gasteiger charge is -2.07. The molecule has 0 fully saturated rings. The molecule has 1 aromatic carbocycles. The van der Waals surface area contributed by atoms with Gasteiger partial charge in [-0.2, -0.15) is 4.39 Å². The first-order valence-electron chi connectivity index (χ1n) is 6.19. The van der Waals surface area contributed by atoms with Crippen molar-refractivity contribution in [3.8, 4) is 5.75 Å². The highest BCUT2D eigenvalue weighted by molar-refractivity contribution is 7.07. The summed E-state index contributed by atoms with van der Waals surface area (Å²) in [7, 11) is 1.00. The predicted octanol–water partition coefficient (Wildman–Crippen LogP) is 3.83. The van der Waals surface area contributed by atoms with Gasteiger partial charge in [-0.1, -0.05) is 0 Å². The van der Waals surface area contributed by atoms with Crippen molar-refractivity contribution in [1.29, 1.82) is 0 Å². The van der Waals surface area contributed by atoms with E-state index in [0.717, 1.165) is 7.11 Å². The number of aliphatic hydroxyl groups excluding tert-OH is 1. The molecule has 2 N–H and O–H groups in total. The van der Waals surface area contributed by atoms with Gasteiger partial charge in [0, 0.05) is 29.6 Å². The Morgan fingerprint density at radius 1 is 1.32 bits per heavy atom. The average Bonchev–Trinajstić information content (AvgIpc) is 3.20. The van der Waals surface area contributed by atoms with E-state index in [4.69, 9.17) is 21.4 Å². The highest BCUT2D eigenvalue weighted by Gasteiger charge is 2.17. The molecule has 0 aliphatic carbocycles. The number of fused-ring (bicyclic) bond motifs is 1. The molecule has 0 unspecified atom stereocenters. The van der Waals surface area contributed by atoms with Gasteiger partial charge in [-0.3, -0.25) is 0 Å². The molecule has 4 nitrogen and oxygen atoms in total. The van der Waals surface area contributed by atoms with Gasteiger partial charge in [0.2, 0.25) is 5.82 Å². The van der Waals surface area contributed by atoms with Crippen LogP contribution in [0.25, 0.3) is 10.9 Å². The van der Waals surface area contributed by atoms with Gasteiger partial charge in [0.15, 0.2) is 11.6 Å². The second-order valence-corrected chi connectivity index (χ2v) is 5.15. The number of aromatic nitrogens is 2. The molecule has 0 radical (unpaired) electrons. The molecule has 0 amide bonds. The van der Waals surface area contributed by atoms with Crippen molar-refractivity contribution in [1.82, 2.24) is 9.97 Å². The number of hydrogen-bond acceptors (Lipinski definition) is 4. The average molecular weight is 347 g/mol. The zero-order chi connectivity index (χ0) is 16.1. The SMILES string of the molecule is CO.Fc1c(OCc2cscn2)cc2[nH]c(CCl)cc2c1F. The second kappa shape index (κ2) is 7.53. The zero-order valence-corrected chi connectivity index (χ0v) is 13.1. The molecule has 0 saturated carbocycles. The first kappa shape index (κ1) is 16.7. The predicted molar refractivity (Wildman–Crippen MR) is 82.4 cm³/mol. The lowest BCUT2D eigenvalue weighted by molar-refractivity contribution is 0.282. The van der Waals surface area contributed by atoms with Gasteiger partial charge in [-0.15, -0.1) is 22.9 Å². The Kier molecular flexibility index (Phi) is 5.70. The van der Waals surface area contributed by atoms with Crippen LogP contribution in [0.5, 0.6) is 5.75 Å². The maximum atomic E-state index is 13.9. The van der Waals surface area contributed by atoms with Gasteiger partial charge in [0.25, 0.3) is 0 Å². The van der Waals surface area contributed by atoms with Crippen molar-refractivity contribution >= 4 is 33.8 Å². The van der Waals surface area contributed by atoms with E-state index in [1.165, 1.54) is 23.5 Å². The summed E-state index contributed by atoms with van der Waals surface area (Å²) >= 11 is 7.08. The molecule has 0 aliphatic rings. The topological polar surface area (TPSA) is 58.1 Å². The highest BCUT2D eigenvalue weighted by Crippen LogP contribution is 2.30. The van der Waals surface area contributed by atoms with Gasteiger partial charge in [-0.25, -0.2) is 9.37 Å². The number of aromatic amines is 1. The van der Waals surface area contributed by atoms with Crippen LogP contribution >= 0.6 is 22.9 Å². The lowest BCUT2D eigenvalue weighted by atomic mass is 10.2. The molecule has 2 heterocycles. The Balaban J connectivity index is 0.000000847. The number of thiazole rings is 1. The molecule has 118 valence electrons. The van der Waals surface area contributed by atoms with Crippen LogP contribution < -0.4 is 4.74 Å². The summed E-state index contributed by atoms with van der Waals surface area (Å²) in [5, 5.41) is 8.95. The number of ether oxygens (including phenoxy) is 1. The number of halogens is 3. The van der Waals surface area contributed by atoms with Crippen LogP contribution in [0.15, 0.2) is 23.0 Å². The van der Waals surface area contributed by atoms with Gasteiger partial charge in [0.05, 0.1) is 22.6 Å². The largest absolute Gasteiger partial charge is 0.484 e. The maximum absolute atomic E-state index is 13.9. The van der Waals surface area contributed by atoms with Crippen LogP contribution in [0.4, 0.5) is 8.78 Å². The number of H-pyrrole nitrogens is 1. The third kappa shape index (κ3) is 3.37. The minimum atomic E-state index is -1.01. The number of rotatable bonds is 4. The van der Waals surface area contributed by atoms with Crippen LogP contribution in [0.1, 0.15) is 11.4 Å². The van der Waals surface area contributed by atoms with Crippen LogP contribution in [0.2, 0.25) is 0 Å². The zero-order valence-electron chi connectivity index (χ0n) is 11.6. The molecule has 0 spiro atoms.